The summed E-state index contributed by atoms with van der Waals surface area (Å²) < 4.78 is 1.84. The van der Waals surface area contributed by atoms with Crippen molar-refractivity contribution in [1.82, 2.24) is 19.6 Å². The van der Waals surface area contributed by atoms with Gasteiger partial charge in [-0.25, -0.2) is 9.48 Å². The van der Waals surface area contributed by atoms with Gasteiger partial charge >= 0.3 is 6.03 Å². The van der Waals surface area contributed by atoms with Crippen molar-refractivity contribution in [3.63, 3.8) is 0 Å². The van der Waals surface area contributed by atoms with E-state index in [1.807, 2.05) is 71.1 Å². The minimum atomic E-state index is -0.0811. The van der Waals surface area contributed by atoms with E-state index in [0.717, 1.165) is 36.7 Å². The van der Waals surface area contributed by atoms with Gasteiger partial charge in [0.2, 0.25) is 0 Å². The molecule has 0 spiro atoms. The number of benzene rings is 2. The maximum absolute atomic E-state index is 12.7. The number of amides is 2. The van der Waals surface area contributed by atoms with Crippen LogP contribution in [0, 0.1) is 18.3 Å². The molecule has 7 heteroatoms. The van der Waals surface area contributed by atoms with E-state index in [4.69, 9.17) is 5.26 Å². The van der Waals surface area contributed by atoms with E-state index in [-0.39, 0.29) is 6.03 Å². The minimum absolute atomic E-state index is 0.0811. The Hall–Kier alpha value is -3.63. The SMILES string of the molecule is Cc1ccnn1-c1cccc(NC(=O)N2CCN(Cc3ccc(C#N)cc3)CC2)c1. The molecular weight excluding hydrogens is 376 g/mol. The van der Waals surface area contributed by atoms with Crippen LogP contribution in [0.5, 0.6) is 0 Å². The van der Waals surface area contributed by atoms with E-state index in [1.165, 1.54) is 5.56 Å². The Kier molecular flexibility index (Phi) is 5.77. The van der Waals surface area contributed by atoms with Crippen molar-refractivity contribution in [2.24, 2.45) is 0 Å². The summed E-state index contributed by atoms with van der Waals surface area (Å²) in [5, 5.41) is 16.2. The van der Waals surface area contributed by atoms with Gasteiger partial charge in [-0.3, -0.25) is 4.90 Å². The molecule has 2 heterocycles. The first-order valence-corrected chi connectivity index (χ1v) is 10.0. The fraction of sp³-hybridized carbons (Fsp3) is 0.261. The van der Waals surface area contributed by atoms with Crippen LogP contribution in [0.3, 0.4) is 0 Å². The van der Waals surface area contributed by atoms with Gasteiger partial charge in [0.1, 0.15) is 0 Å². The molecule has 1 aromatic heterocycles. The first kappa shape index (κ1) is 19.7. The molecule has 0 bridgehead atoms. The van der Waals surface area contributed by atoms with Crippen LogP contribution < -0.4 is 5.32 Å². The van der Waals surface area contributed by atoms with Gasteiger partial charge < -0.3 is 10.2 Å². The van der Waals surface area contributed by atoms with E-state index in [2.05, 4.69) is 21.4 Å². The number of rotatable bonds is 4. The standard InChI is InChI=1S/C23H24N6O/c1-18-9-10-25-29(18)22-4-2-3-21(15-22)26-23(30)28-13-11-27(12-14-28)17-20-7-5-19(16-24)6-8-20/h2-10,15H,11-14,17H2,1H3,(H,26,30). The molecular formula is C23H24N6O. The lowest BCUT2D eigenvalue weighted by atomic mass is 10.1. The summed E-state index contributed by atoms with van der Waals surface area (Å²) in [5.41, 5.74) is 4.57. The second kappa shape index (κ2) is 8.80. The molecule has 0 radical (unpaired) electrons. The van der Waals surface area contributed by atoms with E-state index in [0.29, 0.717) is 18.7 Å². The van der Waals surface area contributed by atoms with Crippen molar-refractivity contribution in [3.05, 3.63) is 77.6 Å². The van der Waals surface area contributed by atoms with Crippen LogP contribution in [0.25, 0.3) is 5.69 Å². The van der Waals surface area contributed by atoms with Gasteiger partial charge in [-0.1, -0.05) is 18.2 Å². The minimum Gasteiger partial charge on any atom is -0.322 e. The Morgan fingerprint density at radius 3 is 2.53 bits per heavy atom. The van der Waals surface area contributed by atoms with E-state index in [9.17, 15) is 4.79 Å². The number of hydrogen-bond donors (Lipinski definition) is 1. The summed E-state index contributed by atoms with van der Waals surface area (Å²) in [5.74, 6) is 0. The summed E-state index contributed by atoms with van der Waals surface area (Å²) in [6.07, 6.45) is 1.76. The van der Waals surface area contributed by atoms with E-state index < -0.39 is 0 Å². The first-order valence-electron chi connectivity index (χ1n) is 10.0. The molecule has 1 aliphatic heterocycles. The molecule has 7 nitrogen and oxygen atoms in total. The predicted molar refractivity (Wildman–Crippen MR) is 115 cm³/mol. The van der Waals surface area contributed by atoms with E-state index in [1.54, 1.807) is 6.20 Å². The quantitative estimate of drug-likeness (QED) is 0.728. The summed E-state index contributed by atoms with van der Waals surface area (Å²) in [6.45, 7) is 5.82. The van der Waals surface area contributed by atoms with Gasteiger partial charge in [0.15, 0.2) is 0 Å². The number of urea groups is 1. The van der Waals surface area contributed by atoms with Crippen LogP contribution in [0.15, 0.2) is 60.8 Å². The molecule has 30 heavy (non-hydrogen) atoms. The smallest absolute Gasteiger partial charge is 0.321 e. The number of anilines is 1. The lowest BCUT2D eigenvalue weighted by Gasteiger charge is -2.34. The van der Waals surface area contributed by atoms with Crippen LogP contribution in [0.1, 0.15) is 16.8 Å². The molecule has 0 atom stereocenters. The zero-order valence-corrected chi connectivity index (χ0v) is 17.0. The molecule has 152 valence electrons. The zero-order valence-electron chi connectivity index (χ0n) is 17.0. The Bertz CT molecular complexity index is 1060. The van der Waals surface area contributed by atoms with Crippen LogP contribution >= 0.6 is 0 Å². The average Bonchev–Trinajstić information content (AvgIpc) is 3.21. The molecule has 1 N–H and O–H groups in total. The maximum Gasteiger partial charge on any atom is 0.321 e. The van der Waals surface area contributed by atoms with Gasteiger partial charge in [-0.2, -0.15) is 10.4 Å². The van der Waals surface area contributed by atoms with Crippen LogP contribution in [-0.4, -0.2) is 51.8 Å². The van der Waals surface area contributed by atoms with E-state index >= 15 is 0 Å². The molecule has 0 saturated carbocycles. The van der Waals surface area contributed by atoms with Gasteiger partial charge in [0, 0.05) is 50.3 Å². The lowest BCUT2D eigenvalue weighted by Crippen LogP contribution is -2.49. The maximum atomic E-state index is 12.7. The number of carbonyl (C=O) groups excluding carboxylic acids is 1. The highest BCUT2D eigenvalue weighted by Gasteiger charge is 2.21. The largest absolute Gasteiger partial charge is 0.322 e. The number of piperazine rings is 1. The summed E-state index contributed by atoms with van der Waals surface area (Å²) in [6, 6.07) is 19.4. The Labute approximate surface area is 176 Å². The monoisotopic (exact) mass is 400 g/mol. The predicted octanol–water partition coefficient (Wildman–Crippen LogP) is 3.40. The van der Waals surface area contributed by atoms with Crippen molar-refractivity contribution in [2.75, 3.05) is 31.5 Å². The third-order valence-corrected chi connectivity index (χ3v) is 5.32. The molecule has 3 aromatic rings. The Balaban J connectivity index is 1.31. The molecule has 0 aliphatic carbocycles. The highest BCUT2D eigenvalue weighted by molar-refractivity contribution is 5.89. The van der Waals surface area contributed by atoms with Crippen LogP contribution in [-0.2, 0) is 6.54 Å². The summed E-state index contributed by atoms with van der Waals surface area (Å²) >= 11 is 0. The molecule has 1 aliphatic rings. The van der Waals surface area contributed by atoms with Gasteiger partial charge in [-0.05, 0) is 48.9 Å². The van der Waals surface area contributed by atoms with Gasteiger partial charge in [0.25, 0.3) is 0 Å². The summed E-state index contributed by atoms with van der Waals surface area (Å²) in [4.78, 5) is 16.9. The van der Waals surface area contributed by atoms with Crippen molar-refractivity contribution in [1.29, 1.82) is 5.26 Å². The third-order valence-electron chi connectivity index (χ3n) is 5.32. The average molecular weight is 400 g/mol. The molecule has 4 rings (SSSR count). The fourth-order valence-corrected chi connectivity index (χ4v) is 3.61. The molecule has 1 saturated heterocycles. The highest BCUT2D eigenvalue weighted by atomic mass is 16.2. The Morgan fingerprint density at radius 2 is 1.87 bits per heavy atom. The van der Waals surface area contributed by atoms with Crippen molar-refractivity contribution in [3.8, 4) is 11.8 Å². The van der Waals surface area contributed by atoms with Gasteiger partial charge in [-0.15, -0.1) is 0 Å². The number of nitriles is 1. The molecule has 0 unspecified atom stereocenters. The molecule has 1 fully saturated rings. The normalized spacial score (nSPS) is 14.3. The second-order valence-electron chi connectivity index (χ2n) is 7.44. The number of carbonyl (C=O) groups is 1. The Morgan fingerprint density at radius 1 is 1.10 bits per heavy atom. The number of aryl methyl sites for hydroxylation is 1. The number of nitrogens with zero attached hydrogens (tertiary/aromatic N) is 5. The second-order valence-corrected chi connectivity index (χ2v) is 7.44. The zero-order chi connectivity index (χ0) is 20.9. The fourth-order valence-electron chi connectivity index (χ4n) is 3.61. The number of aromatic nitrogens is 2. The van der Waals surface area contributed by atoms with Crippen LogP contribution in [0.2, 0.25) is 0 Å². The van der Waals surface area contributed by atoms with Crippen molar-refractivity contribution >= 4 is 11.7 Å². The molecule has 2 amide bonds. The van der Waals surface area contributed by atoms with Crippen LogP contribution in [0.4, 0.5) is 10.5 Å². The third kappa shape index (κ3) is 4.50. The molecule has 2 aromatic carbocycles. The number of hydrogen-bond acceptors (Lipinski definition) is 4. The topological polar surface area (TPSA) is 77.2 Å². The van der Waals surface area contributed by atoms with Crippen molar-refractivity contribution < 1.29 is 4.79 Å². The van der Waals surface area contributed by atoms with Crippen molar-refractivity contribution in [2.45, 2.75) is 13.5 Å². The number of nitrogens with one attached hydrogen (secondary N) is 1. The summed E-state index contributed by atoms with van der Waals surface area (Å²) in [7, 11) is 0. The highest BCUT2D eigenvalue weighted by Crippen LogP contribution is 2.17. The van der Waals surface area contributed by atoms with Gasteiger partial charge in [0.05, 0.1) is 17.3 Å². The first-order chi connectivity index (χ1) is 14.6. The lowest BCUT2D eigenvalue weighted by molar-refractivity contribution is 0.143.